The van der Waals surface area contributed by atoms with Crippen LogP contribution in [-0.2, 0) is 11.3 Å². The number of nitrogens with zero attached hydrogens (tertiary/aromatic N) is 2. The smallest absolute Gasteiger partial charge is 0.269 e. The van der Waals surface area contributed by atoms with E-state index < -0.39 is 4.92 Å². The number of likely N-dealkylation sites (N-methyl/N-ethyl adjacent to an activating group) is 1. The molecule has 2 rings (SSSR count). The average Bonchev–Trinajstić information content (AvgIpc) is 2.97. The number of benzene rings is 1. The minimum Gasteiger partial charge on any atom is -0.392 e. The first-order valence-electron chi connectivity index (χ1n) is 6.90. The summed E-state index contributed by atoms with van der Waals surface area (Å²) in [6.07, 6.45) is 2.32. The maximum absolute atomic E-state index is 10.8. The van der Waals surface area contributed by atoms with Crippen molar-refractivity contribution in [1.82, 2.24) is 0 Å². The third-order valence-electron chi connectivity index (χ3n) is 3.61. The van der Waals surface area contributed by atoms with Gasteiger partial charge in [0.05, 0.1) is 17.6 Å². The number of ether oxygens (including phenoxy) is 1. The fraction of sp³-hybridized carbons (Fsp3) is 0.571. The van der Waals surface area contributed by atoms with Gasteiger partial charge in [-0.05, 0) is 25.8 Å². The zero-order valence-electron chi connectivity index (χ0n) is 11.6. The predicted molar refractivity (Wildman–Crippen MR) is 75.9 cm³/mol. The number of aliphatic hydroxyl groups excluding tert-OH is 1. The minimum atomic E-state index is -0.445. The van der Waals surface area contributed by atoms with Crippen molar-refractivity contribution in [3.8, 4) is 0 Å². The van der Waals surface area contributed by atoms with Gasteiger partial charge < -0.3 is 14.7 Å². The van der Waals surface area contributed by atoms with Gasteiger partial charge in [0.25, 0.3) is 5.69 Å². The number of hydrogen-bond acceptors (Lipinski definition) is 5. The summed E-state index contributed by atoms with van der Waals surface area (Å²) in [5, 5.41) is 20.2. The number of non-ortho nitro benzene ring substituents is 1. The molecule has 0 radical (unpaired) electrons. The highest BCUT2D eigenvalue weighted by Gasteiger charge is 2.21. The van der Waals surface area contributed by atoms with Gasteiger partial charge in [-0.25, -0.2) is 0 Å². The number of aliphatic hydroxyl groups is 1. The highest BCUT2D eigenvalue weighted by Crippen LogP contribution is 2.27. The molecule has 6 nitrogen and oxygen atoms in total. The Morgan fingerprint density at radius 2 is 2.35 bits per heavy atom. The molecule has 1 atom stereocenters. The third-order valence-corrected chi connectivity index (χ3v) is 3.61. The Hall–Kier alpha value is -1.66. The Morgan fingerprint density at radius 1 is 1.55 bits per heavy atom. The van der Waals surface area contributed by atoms with Crippen LogP contribution in [0.1, 0.15) is 25.3 Å². The van der Waals surface area contributed by atoms with Crippen molar-refractivity contribution in [3.63, 3.8) is 0 Å². The molecule has 1 aromatic rings. The SMILES string of the molecule is CCN(CC1CCCO1)c1ccc([N+](=O)[O-])cc1CO. The monoisotopic (exact) mass is 280 g/mol. The molecule has 110 valence electrons. The molecule has 0 bridgehead atoms. The molecule has 1 N–H and O–H groups in total. The van der Waals surface area contributed by atoms with Gasteiger partial charge in [-0.1, -0.05) is 0 Å². The third kappa shape index (κ3) is 3.26. The molecule has 1 aliphatic heterocycles. The molecule has 1 aliphatic rings. The molecule has 0 saturated carbocycles. The van der Waals surface area contributed by atoms with E-state index in [4.69, 9.17) is 4.74 Å². The van der Waals surface area contributed by atoms with Crippen LogP contribution in [0, 0.1) is 10.1 Å². The lowest BCUT2D eigenvalue weighted by Gasteiger charge is -2.27. The summed E-state index contributed by atoms with van der Waals surface area (Å²) >= 11 is 0. The van der Waals surface area contributed by atoms with E-state index in [-0.39, 0.29) is 18.4 Å². The summed E-state index contributed by atoms with van der Waals surface area (Å²) in [7, 11) is 0. The number of nitro groups is 1. The summed E-state index contributed by atoms with van der Waals surface area (Å²) in [5.74, 6) is 0. The molecule has 20 heavy (non-hydrogen) atoms. The summed E-state index contributed by atoms with van der Waals surface area (Å²) in [4.78, 5) is 12.4. The average molecular weight is 280 g/mol. The fourth-order valence-electron chi connectivity index (χ4n) is 2.55. The molecule has 0 aliphatic carbocycles. The van der Waals surface area contributed by atoms with Crippen LogP contribution in [0.3, 0.4) is 0 Å². The Balaban J connectivity index is 2.21. The quantitative estimate of drug-likeness (QED) is 0.638. The maximum Gasteiger partial charge on any atom is 0.269 e. The van der Waals surface area contributed by atoms with Gasteiger partial charge in [0.1, 0.15) is 0 Å². The Kier molecular flexibility index (Phi) is 4.92. The lowest BCUT2D eigenvalue weighted by atomic mass is 10.1. The second kappa shape index (κ2) is 6.67. The van der Waals surface area contributed by atoms with Crippen LogP contribution in [-0.4, -0.2) is 35.8 Å². The van der Waals surface area contributed by atoms with Gasteiger partial charge in [0, 0.05) is 43.1 Å². The topological polar surface area (TPSA) is 75.8 Å². The van der Waals surface area contributed by atoms with Gasteiger partial charge in [-0.15, -0.1) is 0 Å². The largest absolute Gasteiger partial charge is 0.392 e. The number of anilines is 1. The summed E-state index contributed by atoms with van der Waals surface area (Å²) < 4.78 is 5.63. The van der Waals surface area contributed by atoms with Crippen molar-refractivity contribution in [2.24, 2.45) is 0 Å². The second-order valence-electron chi connectivity index (χ2n) is 4.90. The molecule has 0 amide bonds. The van der Waals surface area contributed by atoms with Crippen molar-refractivity contribution >= 4 is 11.4 Å². The van der Waals surface area contributed by atoms with E-state index in [9.17, 15) is 15.2 Å². The first-order valence-corrected chi connectivity index (χ1v) is 6.90. The Labute approximate surface area is 118 Å². The minimum absolute atomic E-state index is 0.00553. The van der Waals surface area contributed by atoms with Crippen molar-refractivity contribution in [3.05, 3.63) is 33.9 Å². The molecule has 6 heteroatoms. The summed E-state index contributed by atoms with van der Waals surface area (Å²) in [6, 6.07) is 4.63. The molecule has 0 aromatic heterocycles. The van der Waals surface area contributed by atoms with E-state index in [1.807, 2.05) is 6.92 Å². The summed E-state index contributed by atoms with van der Waals surface area (Å²) in [5.41, 5.74) is 1.43. The number of hydrogen-bond donors (Lipinski definition) is 1. The van der Waals surface area contributed by atoms with Gasteiger partial charge in [0.2, 0.25) is 0 Å². The van der Waals surface area contributed by atoms with E-state index in [1.54, 1.807) is 6.07 Å². The van der Waals surface area contributed by atoms with Gasteiger partial charge in [0.15, 0.2) is 0 Å². The molecular formula is C14H20N2O4. The van der Waals surface area contributed by atoms with Crippen LogP contribution < -0.4 is 4.90 Å². The van der Waals surface area contributed by atoms with Crippen molar-refractivity contribution in [2.75, 3.05) is 24.6 Å². The van der Waals surface area contributed by atoms with E-state index in [0.29, 0.717) is 5.56 Å². The normalized spacial score (nSPS) is 18.2. The highest BCUT2D eigenvalue weighted by atomic mass is 16.6. The first kappa shape index (κ1) is 14.7. The molecular weight excluding hydrogens is 260 g/mol. The Bertz CT molecular complexity index is 472. The van der Waals surface area contributed by atoms with E-state index >= 15 is 0 Å². The van der Waals surface area contributed by atoms with Crippen LogP contribution in [0.15, 0.2) is 18.2 Å². The van der Waals surface area contributed by atoms with Crippen LogP contribution in [0.4, 0.5) is 11.4 Å². The Morgan fingerprint density at radius 3 is 2.90 bits per heavy atom. The number of rotatable bonds is 6. The maximum atomic E-state index is 10.8. The first-order chi connectivity index (χ1) is 9.65. The highest BCUT2D eigenvalue weighted by molar-refractivity contribution is 5.57. The van der Waals surface area contributed by atoms with Gasteiger partial charge in [-0.2, -0.15) is 0 Å². The lowest BCUT2D eigenvalue weighted by Crippen LogP contribution is -2.32. The van der Waals surface area contributed by atoms with E-state index in [0.717, 1.165) is 38.2 Å². The predicted octanol–water partition coefficient (Wildman–Crippen LogP) is 2.09. The van der Waals surface area contributed by atoms with Gasteiger partial charge >= 0.3 is 0 Å². The lowest BCUT2D eigenvalue weighted by molar-refractivity contribution is -0.384. The molecule has 1 aromatic carbocycles. The molecule has 1 unspecified atom stereocenters. The molecule has 1 fully saturated rings. The zero-order valence-corrected chi connectivity index (χ0v) is 11.6. The van der Waals surface area contributed by atoms with E-state index in [1.165, 1.54) is 12.1 Å². The van der Waals surface area contributed by atoms with Crippen LogP contribution in [0.5, 0.6) is 0 Å². The fourth-order valence-corrected chi connectivity index (χ4v) is 2.55. The van der Waals surface area contributed by atoms with Gasteiger partial charge in [-0.3, -0.25) is 10.1 Å². The van der Waals surface area contributed by atoms with Crippen molar-refractivity contribution in [2.45, 2.75) is 32.5 Å². The number of nitro benzene ring substituents is 1. The second-order valence-corrected chi connectivity index (χ2v) is 4.90. The van der Waals surface area contributed by atoms with Crippen LogP contribution >= 0.6 is 0 Å². The van der Waals surface area contributed by atoms with Crippen LogP contribution in [0.2, 0.25) is 0 Å². The standard InChI is InChI=1S/C14H20N2O4/c1-2-15(9-13-4-3-7-20-13)14-6-5-12(16(18)19)8-11(14)10-17/h5-6,8,13,17H,2-4,7,9-10H2,1H3. The molecule has 1 saturated heterocycles. The zero-order chi connectivity index (χ0) is 14.5. The molecule has 1 heterocycles. The van der Waals surface area contributed by atoms with Crippen LogP contribution in [0.25, 0.3) is 0 Å². The molecule has 0 spiro atoms. The van der Waals surface area contributed by atoms with E-state index in [2.05, 4.69) is 4.90 Å². The van der Waals surface area contributed by atoms with Crippen molar-refractivity contribution < 1.29 is 14.8 Å². The summed E-state index contributed by atoms with van der Waals surface area (Å²) in [6.45, 7) is 4.14. The van der Waals surface area contributed by atoms with Crippen molar-refractivity contribution in [1.29, 1.82) is 0 Å².